The lowest BCUT2D eigenvalue weighted by atomic mass is 9.98. The third-order valence-electron chi connectivity index (χ3n) is 4.02. The van der Waals surface area contributed by atoms with Gasteiger partial charge in [-0.1, -0.05) is 6.08 Å². The highest BCUT2D eigenvalue weighted by molar-refractivity contribution is 5.32. The number of aromatic nitrogens is 2. The van der Waals surface area contributed by atoms with Crippen LogP contribution in [0.2, 0.25) is 0 Å². The van der Waals surface area contributed by atoms with E-state index < -0.39 is 0 Å². The van der Waals surface area contributed by atoms with Crippen LogP contribution in [0.25, 0.3) is 0 Å². The van der Waals surface area contributed by atoms with Crippen molar-refractivity contribution in [3.63, 3.8) is 0 Å². The molecule has 2 aliphatic rings. The summed E-state index contributed by atoms with van der Waals surface area (Å²) >= 11 is 0. The van der Waals surface area contributed by atoms with Crippen LogP contribution in [-0.2, 0) is 0 Å². The van der Waals surface area contributed by atoms with Crippen LogP contribution in [0.3, 0.4) is 0 Å². The number of fused-ring (bicyclic) bond motifs is 2. The Morgan fingerprint density at radius 3 is 2.56 bits per heavy atom. The zero-order valence-electron chi connectivity index (χ0n) is 10.6. The molecule has 1 aromatic heterocycles. The van der Waals surface area contributed by atoms with Gasteiger partial charge in [0.2, 0.25) is 5.95 Å². The molecule has 18 heavy (non-hydrogen) atoms. The lowest BCUT2D eigenvalue weighted by Crippen LogP contribution is -2.49. The van der Waals surface area contributed by atoms with Gasteiger partial charge in [-0.05, 0) is 31.7 Å². The van der Waals surface area contributed by atoms with Gasteiger partial charge < -0.3 is 10.2 Å². The monoisotopic (exact) mass is 244 g/mol. The van der Waals surface area contributed by atoms with E-state index in [0.29, 0.717) is 18.1 Å². The standard InChI is InChI=1S/C14H20N4/c1-2-8-18(14-15-6-3-7-16-14)13-9-11-4-5-12(10-13)17-11/h2-3,6-7,11-13,17H,1,4-5,8-10H2/t11-,12+,13?. The van der Waals surface area contributed by atoms with Crippen molar-refractivity contribution in [2.75, 3.05) is 11.4 Å². The molecule has 1 unspecified atom stereocenters. The first-order valence-electron chi connectivity index (χ1n) is 6.77. The van der Waals surface area contributed by atoms with Crippen molar-refractivity contribution >= 4 is 5.95 Å². The summed E-state index contributed by atoms with van der Waals surface area (Å²) in [5, 5.41) is 3.68. The van der Waals surface area contributed by atoms with E-state index in [0.717, 1.165) is 12.5 Å². The van der Waals surface area contributed by atoms with Crippen LogP contribution in [-0.4, -0.2) is 34.6 Å². The van der Waals surface area contributed by atoms with Crippen molar-refractivity contribution in [3.05, 3.63) is 31.1 Å². The number of nitrogens with one attached hydrogen (secondary N) is 1. The highest BCUT2D eigenvalue weighted by atomic mass is 15.3. The fourth-order valence-electron chi connectivity index (χ4n) is 3.25. The Morgan fingerprint density at radius 1 is 1.28 bits per heavy atom. The second-order valence-electron chi connectivity index (χ2n) is 5.25. The molecule has 2 aliphatic heterocycles. The van der Waals surface area contributed by atoms with E-state index >= 15 is 0 Å². The first kappa shape index (κ1) is 11.7. The Bertz CT molecular complexity index is 394. The van der Waals surface area contributed by atoms with E-state index in [2.05, 4.69) is 26.8 Å². The Kier molecular flexibility index (Phi) is 3.28. The van der Waals surface area contributed by atoms with Crippen molar-refractivity contribution < 1.29 is 0 Å². The first-order valence-corrected chi connectivity index (χ1v) is 6.77. The summed E-state index contributed by atoms with van der Waals surface area (Å²) in [6, 6.07) is 3.78. The van der Waals surface area contributed by atoms with Crippen LogP contribution in [0.1, 0.15) is 25.7 Å². The minimum absolute atomic E-state index is 0.546. The quantitative estimate of drug-likeness (QED) is 0.819. The molecule has 0 amide bonds. The Hall–Kier alpha value is -1.42. The minimum atomic E-state index is 0.546. The van der Waals surface area contributed by atoms with Crippen molar-refractivity contribution in [1.82, 2.24) is 15.3 Å². The summed E-state index contributed by atoms with van der Waals surface area (Å²) in [5.74, 6) is 0.837. The number of anilines is 1. The smallest absolute Gasteiger partial charge is 0.225 e. The van der Waals surface area contributed by atoms with Gasteiger partial charge in [0.05, 0.1) is 0 Å². The van der Waals surface area contributed by atoms with Crippen LogP contribution < -0.4 is 10.2 Å². The molecular weight excluding hydrogens is 224 g/mol. The van der Waals surface area contributed by atoms with Gasteiger partial charge in [0.25, 0.3) is 0 Å². The zero-order chi connectivity index (χ0) is 12.4. The lowest BCUT2D eigenvalue weighted by Gasteiger charge is -2.37. The molecule has 4 heteroatoms. The maximum atomic E-state index is 4.39. The highest BCUT2D eigenvalue weighted by Crippen LogP contribution is 2.30. The van der Waals surface area contributed by atoms with E-state index in [1.54, 1.807) is 0 Å². The summed E-state index contributed by atoms with van der Waals surface area (Å²) in [7, 11) is 0. The molecule has 2 fully saturated rings. The van der Waals surface area contributed by atoms with Gasteiger partial charge in [0.1, 0.15) is 0 Å². The number of rotatable bonds is 4. The van der Waals surface area contributed by atoms with Gasteiger partial charge >= 0.3 is 0 Å². The molecule has 2 bridgehead atoms. The summed E-state index contributed by atoms with van der Waals surface area (Å²) in [6.45, 7) is 4.69. The summed E-state index contributed by atoms with van der Waals surface area (Å²) < 4.78 is 0. The van der Waals surface area contributed by atoms with E-state index in [1.165, 1.54) is 25.7 Å². The molecule has 3 atom stereocenters. The van der Waals surface area contributed by atoms with Crippen molar-refractivity contribution in [2.45, 2.75) is 43.8 Å². The minimum Gasteiger partial charge on any atom is -0.334 e. The molecule has 0 aromatic carbocycles. The molecular formula is C14H20N4. The average Bonchev–Trinajstić information content (AvgIpc) is 2.76. The fraction of sp³-hybridized carbons (Fsp3) is 0.571. The third-order valence-corrected chi connectivity index (χ3v) is 4.02. The second kappa shape index (κ2) is 5.06. The zero-order valence-corrected chi connectivity index (χ0v) is 10.6. The number of hydrogen-bond acceptors (Lipinski definition) is 4. The fourth-order valence-corrected chi connectivity index (χ4v) is 3.25. The second-order valence-corrected chi connectivity index (χ2v) is 5.25. The van der Waals surface area contributed by atoms with Crippen molar-refractivity contribution in [2.24, 2.45) is 0 Å². The van der Waals surface area contributed by atoms with Crippen molar-refractivity contribution in [3.8, 4) is 0 Å². The molecule has 0 spiro atoms. The van der Waals surface area contributed by atoms with Crippen LogP contribution in [0.4, 0.5) is 5.95 Å². The molecule has 4 nitrogen and oxygen atoms in total. The Morgan fingerprint density at radius 2 is 1.94 bits per heavy atom. The number of hydrogen-bond donors (Lipinski definition) is 1. The maximum Gasteiger partial charge on any atom is 0.225 e. The average molecular weight is 244 g/mol. The number of nitrogens with zero attached hydrogens (tertiary/aromatic N) is 3. The molecule has 3 rings (SSSR count). The molecule has 0 aliphatic carbocycles. The molecule has 0 saturated carbocycles. The van der Waals surface area contributed by atoms with Crippen LogP contribution in [0, 0.1) is 0 Å². The first-order chi connectivity index (χ1) is 8.86. The SMILES string of the molecule is C=CCN(c1ncccn1)C1C[C@H]2CC[C@@H](C1)N2. The maximum absolute atomic E-state index is 4.39. The molecule has 1 aromatic rings. The van der Waals surface area contributed by atoms with Crippen LogP contribution >= 0.6 is 0 Å². The third kappa shape index (κ3) is 2.25. The predicted molar refractivity (Wildman–Crippen MR) is 72.5 cm³/mol. The van der Waals surface area contributed by atoms with Gasteiger partial charge in [-0.15, -0.1) is 6.58 Å². The van der Waals surface area contributed by atoms with Crippen LogP contribution in [0.15, 0.2) is 31.1 Å². The number of piperidine rings is 1. The van der Waals surface area contributed by atoms with Gasteiger partial charge in [0.15, 0.2) is 0 Å². The van der Waals surface area contributed by atoms with Gasteiger partial charge in [-0.2, -0.15) is 0 Å². The molecule has 3 heterocycles. The van der Waals surface area contributed by atoms with E-state index in [-0.39, 0.29) is 0 Å². The summed E-state index contributed by atoms with van der Waals surface area (Å²) in [4.78, 5) is 11.1. The van der Waals surface area contributed by atoms with E-state index in [1.807, 2.05) is 24.5 Å². The highest BCUT2D eigenvalue weighted by Gasteiger charge is 2.36. The normalized spacial score (nSPS) is 30.1. The topological polar surface area (TPSA) is 41.1 Å². The Balaban J connectivity index is 1.79. The van der Waals surface area contributed by atoms with E-state index in [9.17, 15) is 0 Å². The van der Waals surface area contributed by atoms with Gasteiger partial charge in [-0.3, -0.25) is 0 Å². The summed E-state index contributed by atoms with van der Waals surface area (Å²) in [5.41, 5.74) is 0. The van der Waals surface area contributed by atoms with Gasteiger partial charge in [-0.25, -0.2) is 9.97 Å². The lowest BCUT2D eigenvalue weighted by molar-refractivity contribution is 0.349. The molecule has 2 saturated heterocycles. The van der Waals surface area contributed by atoms with Crippen molar-refractivity contribution in [1.29, 1.82) is 0 Å². The summed E-state index contributed by atoms with van der Waals surface area (Å²) in [6.07, 6.45) is 10.6. The Labute approximate surface area is 108 Å². The predicted octanol–water partition coefficient (Wildman–Crippen LogP) is 1.75. The van der Waals surface area contributed by atoms with E-state index in [4.69, 9.17) is 0 Å². The molecule has 0 radical (unpaired) electrons. The van der Waals surface area contributed by atoms with Crippen LogP contribution in [0.5, 0.6) is 0 Å². The molecule has 1 N–H and O–H groups in total. The largest absolute Gasteiger partial charge is 0.334 e. The molecule has 96 valence electrons. The van der Waals surface area contributed by atoms with Gasteiger partial charge in [0, 0.05) is 37.1 Å².